The first kappa shape index (κ1) is 15.4. The SMILES string of the molecule is N#CCc1c(OC(F)(F)F)cnc(CCl)c1C(F)F. The summed E-state index contributed by atoms with van der Waals surface area (Å²) in [4.78, 5) is 3.40. The zero-order valence-electron chi connectivity index (χ0n) is 9.14. The molecule has 104 valence electrons. The molecule has 0 aliphatic carbocycles. The summed E-state index contributed by atoms with van der Waals surface area (Å²) in [6.07, 6.45) is -8.21. The third-order valence-electron chi connectivity index (χ3n) is 2.10. The molecule has 19 heavy (non-hydrogen) atoms. The van der Waals surface area contributed by atoms with Crippen molar-refractivity contribution in [3.8, 4) is 11.8 Å². The minimum Gasteiger partial charge on any atom is -0.404 e. The first-order valence-corrected chi connectivity index (χ1v) is 5.31. The lowest BCUT2D eigenvalue weighted by Crippen LogP contribution is -2.19. The van der Waals surface area contributed by atoms with Crippen LogP contribution in [0.1, 0.15) is 23.2 Å². The van der Waals surface area contributed by atoms with Crippen LogP contribution in [0.5, 0.6) is 5.75 Å². The zero-order valence-corrected chi connectivity index (χ0v) is 9.90. The second kappa shape index (κ2) is 6.02. The molecule has 0 unspecified atom stereocenters. The summed E-state index contributed by atoms with van der Waals surface area (Å²) in [7, 11) is 0. The maximum Gasteiger partial charge on any atom is 0.573 e. The topological polar surface area (TPSA) is 45.9 Å². The molecule has 1 heterocycles. The molecule has 0 aromatic carbocycles. The molecule has 0 radical (unpaired) electrons. The molecule has 0 saturated heterocycles. The van der Waals surface area contributed by atoms with Crippen LogP contribution in [0.3, 0.4) is 0 Å². The van der Waals surface area contributed by atoms with E-state index in [4.69, 9.17) is 16.9 Å². The van der Waals surface area contributed by atoms with Crippen LogP contribution in [-0.4, -0.2) is 11.3 Å². The normalized spacial score (nSPS) is 11.5. The Morgan fingerprint density at radius 2 is 2.05 bits per heavy atom. The van der Waals surface area contributed by atoms with Crippen molar-refractivity contribution >= 4 is 11.6 Å². The standard InChI is InChI=1S/C10H6ClF5N2O/c11-3-6-8(9(12)13)5(1-2-17)7(4-18-6)19-10(14,15)16/h4,9H,1,3H2. The van der Waals surface area contributed by atoms with Crippen LogP contribution in [0, 0.1) is 11.3 Å². The van der Waals surface area contributed by atoms with Gasteiger partial charge < -0.3 is 4.74 Å². The van der Waals surface area contributed by atoms with E-state index in [1.807, 2.05) is 0 Å². The fourth-order valence-electron chi connectivity index (χ4n) is 1.43. The van der Waals surface area contributed by atoms with Gasteiger partial charge in [0, 0.05) is 11.1 Å². The summed E-state index contributed by atoms with van der Waals surface area (Å²) in [6.45, 7) is 0. The number of pyridine rings is 1. The number of hydrogen-bond donors (Lipinski definition) is 0. The van der Waals surface area contributed by atoms with Crippen molar-refractivity contribution in [3.05, 3.63) is 23.0 Å². The molecule has 9 heteroatoms. The molecule has 0 spiro atoms. The maximum atomic E-state index is 12.9. The number of ether oxygens (including phenoxy) is 1. The Morgan fingerprint density at radius 1 is 1.42 bits per heavy atom. The molecular weight excluding hydrogens is 295 g/mol. The fraction of sp³-hybridized carbons (Fsp3) is 0.400. The van der Waals surface area contributed by atoms with Crippen molar-refractivity contribution in [1.29, 1.82) is 5.26 Å². The molecule has 1 aromatic rings. The van der Waals surface area contributed by atoms with Gasteiger partial charge in [-0.2, -0.15) is 5.26 Å². The summed E-state index contributed by atoms with van der Waals surface area (Å²) in [6, 6.07) is 1.51. The molecule has 0 aliphatic heterocycles. The third kappa shape index (κ3) is 3.92. The minimum absolute atomic E-state index is 0.281. The molecule has 1 aromatic heterocycles. The molecule has 0 amide bonds. The van der Waals surface area contributed by atoms with Crippen LogP contribution in [0.2, 0.25) is 0 Å². The van der Waals surface area contributed by atoms with Gasteiger partial charge in [0.25, 0.3) is 6.43 Å². The summed E-state index contributed by atoms with van der Waals surface area (Å²) in [5.74, 6) is -1.33. The lowest BCUT2D eigenvalue weighted by atomic mass is 10.0. The Labute approximate surface area is 109 Å². The van der Waals surface area contributed by atoms with Crippen molar-refractivity contribution in [2.24, 2.45) is 0 Å². The van der Waals surface area contributed by atoms with E-state index in [1.165, 1.54) is 6.07 Å². The Kier molecular flexibility index (Phi) is 4.89. The van der Waals surface area contributed by atoms with Gasteiger partial charge in [-0.25, -0.2) is 8.78 Å². The van der Waals surface area contributed by atoms with Crippen molar-refractivity contribution in [2.75, 3.05) is 0 Å². The predicted molar refractivity (Wildman–Crippen MR) is 54.8 cm³/mol. The van der Waals surface area contributed by atoms with Crippen LogP contribution >= 0.6 is 11.6 Å². The van der Waals surface area contributed by atoms with Crippen LogP contribution in [0.15, 0.2) is 6.20 Å². The highest BCUT2D eigenvalue weighted by Gasteiger charge is 2.34. The van der Waals surface area contributed by atoms with Crippen molar-refractivity contribution in [3.63, 3.8) is 0 Å². The number of nitrogens with zero attached hydrogens (tertiary/aromatic N) is 2. The highest BCUT2D eigenvalue weighted by atomic mass is 35.5. The van der Waals surface area contributed by atoms with E-state index in [2.05, 4.69) is 9.72 Å². The van der Waals surface area contributed by atoms with Crippen molar-refractivity contribution < 1.29 is 26.7 Å². The van der Waals surface area contributed by atoms with Gasteiger partial charge in [-0.1, -0.05) is 0 Å². The number of nitriles is 1. The molecular formula is C10H6ClF5N2O. The molecule has 0 saturated carbocycles. The van der Waals surface area contributed by atoms with Gasteiger partial charge in [-0.05, 0) is 0 Å². The summed E-state index contributed by atoms with van der Waals surface area (Å²) >= 11 is 5.39. The highest BCUT2D eigenvalue weighted by Crippen LogP contribution is 2.35. The molecule has 0 aliphatic rings. The quantitative estimate of drug-likeness (QED) is 0.629. The van der Waals surface area contributed by atoms with Gasteiger partial charge in [0.2, 0.25) is 0 Å². The maximum absolute atomic E-state index is 12.9. The first-order valence-electron chi connectivity index (χ1n) is 4.77. The molecule has 3 nitrogen and oxygen atoms in total. The van der Waals surface area contributed by atoms with Gasteiger partial charge in [0.15, 0.2) is 5.75 Å². The van der Waals surface area contributed by atoms with E-state index in [-0.39, 0.29) is 5.69 Å². The van der Waals surface area contributed by atoms with E-state index < -0.39 is 42.0 Å². The van der Waals surface area contributed by atoms with Crippen molar-refractivity contribution in [1.82, 2.24) is 4.98 Å². The average molecular weight is 301 g/mol. The number of halogens is 6. The van der Waals surface area contributed by atoms with E-state index in [1.54, 1.807) is 0 Å². The van der Waals surface area contributed by atoms with Gasteiger partial charge in [0.05, 0.1) is 30.3 Å². The largest absolute Gasteiger partial charge is 0.573 e. The van der Waals surface area contributed by atoms with E-state index in [0.29, 0.717) is 6.20 Å². The Hall–Kier alpha value is -1.62. The minimum atomic E-state index is -5.06. The molecule has 0 fully saturated rings. The second-order valence-electron chi connectivity index (χ2n) is 3.28. The highest BCUT2D eigenvalue weighted by molar-refractivity contribution is 6.17. The van der Waals surface area contributed by atoms with E-state index >= 15 is 0 Å². The predicted octanol–water partition coefficient (Wildman–Crippen LogP) is 3.72. The Balaban J connectivity index is 3.40. The lowest BCUT2D eigenvalue weighted by molar-refractivity contribution is -0.275. The fourth-order valence-corrected chi connectivity index (χ4v) is 1.64. The van der Waals surface area contributed by atoms with Crippen molar-refractivity contribution in [2.45, 2.75) is 25.1 Å². The van der Waals surface area contributed by atoms with Crippen LogP contribution in [0.25, 0.3) is 0 Å². The Bertz CT molecular complexity index is 498. The monoisotopic (exact) mass is 300 g/mol. The lowest BCUT2D eigenvalue weighted by Gasteiger charge is -2.16. The van der Waals surface area contributed by atoms with Gasteiger partial charge in [-0.3, -0.25) is 4.98 Å². The third-order valence-corrected chi connectivity index (χ3v) is 2.35. The van der Waals surface area contributed by atoms with E-state index in [0.717, 1.165) is 0 Å². The van der Waals surface area contributed by atoms with Crippen LogP contribution < -0.4 is 4.74 Å². The smallest absolute Gasteiger partial charge is 0.404 e. The summed E-state index contributed by atoms with van der Waals surface area (Å²) in [5, 5.41) is 8.53. The Morgan fingerprint density at radius 3 is 2.47 bits per heavy atom. The molecule has 0 atom stereocenters. The molecule has 1 rings (SSSR count). The first-order chi connectivity index (χ1) is 8.80. The van der Waals surface area contributed by atoms with E-state index in [9.17, 15) is 22.0 Å². The number of rotatable bonds is 4. The summed E-state index contributed by atoms with van der Waals surface area (Å²) in [5.41, 5.74) is -1.63. The zero-order chi connectivity index (χ0) is 14.6. The van der Waals surface area contributed by atoms with Gasteiger partial charge in [0.1, 0.15) is 0 Å². The number of hydrogen-bond acceptors (Lipinski definition) is 3. The molecule has 0 bridgehead atoms. The van der Waals surface area contributed by atoms with Gasteiger partial charge >= 0.3 is 6.36 Å². The number of aromatic nitrogens is 1. The van der Waals surface area contributed by atoms with Crippen LogP contribution in [0.4, 0.5) is 22.0 Å². The summed E-state index contributed by atoms with van der Waals surface area (Å²) < 4.78 is 65.7. The second-order valence-corrected chi connectivity index (χ2v) is 3.55. The van der Waals surface area contributed by atoms with Gasteiger partial charge in [-0.15, -0.1) is 24.8 Å². The number of alkyl halides is 6. The van der Waals surface area contributed by atoms with Crippen LogP contribution in [-0.2, 0) is 12.3 Å². The average Bonchev–Trinajstić information content (AvgIpc) is 2.28. The molecule has 0 N–H and O–H groups in total.